The third-order valence-electron chi connectivity index (χ3n) is 4.24. The minimum absolute atomic E-state index is 0.0508. The van der Waals surface area contributed by atoms with Gasteiger partial charge in [0.2, 0.25) is 5.96 Å². The van der Waals surface area contributed by atoms with Crippen molar-refractivity contribution in [3.8, 4) is 11.1 Å². The Morgan fingerprint density at radius 3 is 2.67 bits per heavy atom. The van der Waals surface area contributed by atoms with Gasteiger partial charge in [0.15, 0.2) is 9.84 Å². The molecule has 0 aliphatic carbocycles. The van der Waals surface area contributed by atoms with Gasteiger partial charge in [0.1, 0.15) is 0 Å². The summed E-state index contributed by atoms with van der Waals surface area (Å²) in [7, 11) is -3.60. The summed E-state index contributed by atoms with van der Waals surface area (Å²) < 4.78 is 25.5. The summed E-state index contributed by atoms with van der Waals surface area (Å²) in [6, 6.07) is 8.63. The number of nitrogens with two attached hydrogens (primary N) is 1. The Bertz CT molecular complexity index is 1090. The lowest BCUT2D eigenvalue weighted by Crippen LogP contribution is -2.37. The highest BCUT2D eigenvalue weighted by atomic mass is 32.2. The summed E-state index contributed by atoms with van der Waals surface area (Å²) in [5, 5.41) is 5.41. The number of hydrogen-bond acceptors (Lipinski definition) is 6. The molecule has 3 rings (SSSR count). The summed E-state index contributed by atoms with van der Waals surface area (Å²) in [6.45, 7) is 3.68. The minimum atomic E-state index is -3.60. The van der Waals surface area contributed by atoms with Crippen LogP contribution in [0.3, 0.4) is 0 Å². The first-order valence-electron chi connectivity index (χ1n) is 7.94. The molecule has 0 aromatic heterocycles. The standard InChI is InChI=1S/C18H17N3O5S/c1-10-3-4-12-8-27(24,25)16-7-13(11(2)6-15(16)14(12)5-10)17(23)20-18(19)21-26-9-22/h3-7,9H,8H2,1-2H3,(H3,19,20,21,23). The number of hydrogen-bond donors (Lipinski definition) is 2. The van der Waals surface area contributed by atoms with Crippen molar-refractivity contribution in [2.24, 2.45) is 10.9 Å². The fourth-order valence-corrected chi connectivity index (χ4v) is 4.65. The third-order valence-corrected chi connectivity index (χ3v) is 5.94. The number of carbonyl (C=O) groups is 2. The smallest absolute Gasteiger partial charge is 0.323 e. The molecule has 0 radical (unpaired) electrons. The van der Waals surface area contributed by atoms with Crippen molar-refractivity contribution in [1.29, 1.82) is 0 Å². The maximum atomic E-state index is 12.7. The van der Waals surface area contributed by atoms with Crippen molar-refractivity contribution in [1.82, 2.24) is 5.32 Å². The van der Waals surface area contributed by atoms with Crippen LogP contribution < -0.4 is 11.1 Å². The number of oxime groups is 1. The molecule has 0 atom stereocenters. The third kappa shape index (κ3) is 3.54. The number of fused-ring (bicyclic) bond motifs is 3. The molecule has 27 heavy (non-hydrogen) atoms. The lowest BCUT2D eigenvalue weighted by molar-refractivity contribution is -0.128. The van der Waals surface area contributed by atoms with Gasteiger partial charge in [-0.1, -0.05) is 23.8 Å². The molecular formula is C18H17N3O5S. The molecular weight excluding hydrogens is 370 g/mol. The molecule has 0 fully saturated rings. The number of amides is 1. The molecule has 140 valence electrons. The molecule has 1 aliphatic rings. The molecule has 1 heterocycles. The van der Waals surface area contributed by atoms with Crippen LogP contribution in [0.4, 0.5) is 0 Å². The van der Waals surface area contributed by atoms with E-state index < -0.39 is 21.7 Å². The van der Waals surface area contributed by atoms with E-state index in [1.807, 2.05) is 25.1 Å². The van der Waals surface area contributed by atoms with Gasteiger partial charge in [-0.15, -0.1) is 0 Å². The Balaban J connectivity index is 2.10. The van der Waals surface area contributed by atoms with Gasteiger partial charge >= 0.3 is 6.47 Å². The number of benzene rings is 2. The van der Waals surface area contributed by atoms with Gasteiger partial charge in [-0.25, -0.2) is 8.42 Å². The number of guanidine groups is 1. The van der Waals surface area contributed by atoms with E-state index in [0.717, 1.165) is 16.7 Å². The van der Waals surface area contributed by atoms with E-state index in [1.165, 1.54) is 6.07 Å². The van der Waals surface area contributed by atoms with Gasteiger partial charge in [-0.2, -0.15) is 0 Å². The van der Waals surface area contributed by atoms with Crippen molar-refractivity contribution in [2.75, 3.05) is 0 Å². The van der Waals surface area contributed by atoms with Crippen molar-refractivity contribution >= 4 is 28.2 Å². The van der Waals surface area contributed by atoms with Crippen molar-refractivity contribution in [3.63, 3.8) is 0 Å². The molecule has 0 unspecified atom stereocenters. The number of rotatable bonds is 3. The zero-order valence-corrected chi connectivity index (χ0v) is 15.5. The van der Waals surface area contributed by atoms with E-state index in [9.17, 15) is 18.0 Å². The van der Waals surface area contributed by atoms with Crippen LogP contribution in [0.2, 0.25) is 0 Å². The van der Waals surface area contributed by atoms with E-state index in [2.05, 4.69) is 15.3 Å². The predicted molar refractivity (Wildman–Crippen MR) is 98.5 cm³/mol. The molecule has 0 bridgehead atoms. The van der Waals surface area contributed by atoms with Gasteiger partial charge in [0.25, 0.3) is 5.91 Å². The molecule has 1 aliphatic heterocycles. The Hall–Kier alpha value is -3.20. The zero-order valence-electron chi connectivity index (χ0n) is 14.6. The van der Waals surface area contributed by atoms with E-state index in [1.54, 1.807) is 13.0 Å². The van der Waals surface area contributed by atoms with E-state index >= 15 is 0 Å². The second-order valence-corrected chi connectivity index (χ2v) is 8.17. The van der Waals surface area contributed by atoms with E-state index in [0.29, 0.717) is 11.1 Å². The molecule has 2 aromatic carbocycles. The second kappa shape index (κ2) is 6.84. The highest BCUT2D eigenvalue weighted by Crippen LogP contribution is 2.39. The van der Waals surface area contributed by atoms with Gasteiger partial charge < -0.3 is 10.6 Å². The molecule has 0 saturated heterocycles. The van der Waals surface area contributed by atoms with Crippen LogP contribution in [-0.4, -0.2) is 26.8 Å². The van der Waals surface area contributed by atoms with Gasteiger partial charge in [-0.3, -0.25) is 14.9 Å². The number of nitrogens with zero attached hydrogens (tertiary/aromatic N) is 1. The van der Waals surface area contributed by atoms with Crippen LogP contribution in [-0.2, 0) is 25.2 Å². The molecule has 3 N–H and O–H groups in total. The summed E-state index contributed by atoms with van der Waals surface area (Å²) in [4.78, 5) is 26.7. The average Bonchev–Trinajstić information content (AvgIpc) is 2.60. The average molecular weight is 387 g/mol. The maximum absolute atomic E-state index is 12.7. The first-order valence-corrected chi connectivity index (χ1v) is 9.60. The number of sulfone groups is 1. The summed E-state index contributed by atoms with van der Waals surface area (Å²) in [6.07, 6.45) is 0. The summed E-state index contributed by atoms with van der Waals surface area (Å²) in [5.74, 6) is -1.21. The van der Waals surface area contributed by atoms with E-state index in [-0.39, 0.29) is 22.7 Å². The van der Waals surface area contributed by atoms with Gasteiger partial charge in [-0.05, 0) is 47.8 Å². The van der Waals surface area contributed by atoms with Gasteiger partial charge in [0.05, 0.1) is 10.6 Å². The fourth-order valence-electron chi connectivity index (χ4n) is 3.03. The van der Waals surface area contributed by atoms with Crippen LogP contribution >= 0.6 is 0 Å². The topological polar surface area (TPSA) is 128 Å². The Morgan fingerprint density at radius 2 is 1.96 bits per heavy atom. The lowest BCUT2D eigenvalue weighted by Gasteiger charge is -2.22. The SMILES string of the molecule is Cc1ccc2c(c1)-c1cc(C)c(C(=O)NC(N)=NOC=O)cc1S(=O)(=O)C2. The molecule has 0 spiro atoms. The lowest BCUT2D eigenvalue weighted by atomic mass is 9.94. The number of aryl methyl sites for hydroxylation is 2. The van der Waals surface area contributed by atoms with Crippen molar-refractivity contribution < 1.29 is 22.8 Å². The first kappa shape index (κ1) is 18.6. The predicted octanol–water partition coefficient (Wildman–Crippen LogP) is 1.39. The zero-order chi connectivity index (χ0) is 19.8. The summed E-state index contributed by atoms with van der Waals surface area (Å²) >= 11 is 0. The monoisotopic (exact) mass is 387 g/mol. The van der Waals surface area contributed by atoms with Crippen LogP contribution in [0.15, 0.2) is 40.4 Å². The molecule has 2 aromatic rings. The Labute approximate surface area is 155 Å². The quantitative estimate of drug-likeness (QED) is 0.269. The van der Waals surface area contributed by atoms with Gasteiger partial charge in [0, 0.05) is 11.1 Å². The highest BCUT2D eigenvalue weighted by Gasteiger charge is 2.30. The fraction of sp³-hybridized carbons (Fsp3) is 0.167. The van der Waals surface area contributed by atoms with Crippen LogP contribution in [0.5, 0.6) is 0 Å². The largest absolute Gasteiger partial charge is 0.367 e. The van der Waals surface area contributed by atoms with Crippen molar-refractivity contribution in [2.45, 2.75) is 24.5 Å². The minimum Gasteiger partial charge on any atom is -0.367 e. The summed E-state index contributed by atoms with van der Waals surface area (Å²) in [5.41, 5.74) is 9.29. The van der Waals surface area contributed by atoms with E-state index in [4.69, 9.17) is 5.73 Å². The Morgan fingerprint density at radius 1 is 1.22 bits per heavy atom. The maximum Gasteiger partial charge on any atom is 0.323 e. The Kier molecular flexibility index (Phi) is 4.71. The first-order chi connectivity index (χ1) is 12.7. The molecule has 0 saturated carbocycles. The molecule has 8 nitrogen and oxygen atoms in total. The van der Waals surface area contributed by atoms with Crippen LogP contribution in [0.25, 0.3) is 11.1 Å². The highest BCUT2D eigenvalue weighted by molar-refractivity contribution is 7.90. The number of carbonyl (C=O) groups excluding carboxylic acids is 2. The van der Waals surface area contributed by atoms with Crippen LogP contribution in [0.1, 0.15) is 27.0 Å². The normalized spacial score (nSPS) is 14.7. The molecule has 1 amide bonds. The number of nitrogens with one attached hydrogen (secondary N) is 1. The molecule has 9 heteroatoms. The second-order valence-electron chi connectivity index (χ2n) is 6.22. The van der Waals surface area contributed by atoms with Crippen LogP contribution in [0, 0.1) is 13.8 Å². The van der Waals surface area contributed by atoms with Crippen molar-refractivity contribution in [3.05, 3.63) is 52.6 Å².